The third-order valence-electron chi connectivity index (χ3n) is 1.55. The molecule has 0 saturated heterocycles. The highest BCUT2D eigenvalue weighted by Gasteiger charge is 2.25. The first kappa shape index (κ1) is 13.4. The largest absolute Gasteiger partial charge is 0.480 e. The quantitative estimate of drug-likeness (QED) is 0.380. The summed E-state index contributed by atoms with van der Waals surface area (Å²) in [6.07, 6.45) is 0. The molecule has 0 aromatic heterocycles. The average Bonchev–Trinajstić information content (AvgIpc) is 2.16. The molecule has 0 saturated carbocycles. The Morgan fingerprint density at radius 2 is 2.00 bits per heavy atom. The highest BCUT2D eigenvalue weighted by molar-refractivity contribution is 6.02. The molecule has 1 unspecified atom stereocenters. The fraction of sp³-hybridized carbons (Fsp3) is 0.625. The van der Waals surface area contributed by atoms with Gasteiger partial charge < -0.3 is 20.9 Å². The predicted molar refractivity (Wildman–Crippen MR) is 49.8 cm³/mol. The van der Waals surface area contributed by atoms with Gasteiger partial charge in [-0.3, -0.25) is 9.59 Å². The van der Waals surface area contributed by atoms with Crippen molar-refractivity contribution in [3.63, 3.8) is 0 Å². The number of ether oxygens (including phenoxy) is 1. The Hall–Kier alpha value is -1.63. The molecule has 0 aromatic carbocycles. The molecule has 0 radical (unpaired) electrons. The molecule has 0 fully saturated rings. The number of nitrogens with one attached hydrogen (secondary N) is 1. The maximum atomic E-state index is 11.2. The zero-order chi connectivity index (χ0) is 12.0. The molecule has 7 nitrogen and oxygen atoms in total. The van der Waals surface area contributed by atoms with Crippen molar-refractivity contribution in [3.8, 4) is 0 Å². The minimum atomic E-state index is -1.49. The molecule has 0 heterocycles. The van der Waals surface area contributed by atoms with E-state index in [0.717, 1.165) is 0 Å². The third-order valence-corrected chi connectivity index (χ3v) is 1.55. The van der Waals surface area contributed by atoms with Crippen LogP contribution in [0, 0.1) is 0 Å². The van der Waals surface area contributed by atoms with Crippen molar-refractivity contribution < 1.29 is 24.2 Å². The lowest BCUT2D eigenvalue weighted by Crippen LogP contribution is -2.51. The SMILES string of the molecule is CCOC(=O)C(N)C(=O)N[C@H](C)C(=O)O. The maximum absolute atomic E-state index is 11.2. The van der Waals surface area contributed by atoms with E-state index >= 15 is 0 Å². The van der Waals surface area contributed by atoms with Crippen molar-refractivity contribution in [1.82, 2.24) is 5.32 Å². The Balaban J connectivity index is 4.21. The fourth-order valence-corrected chi connectivity index (χ4v) is 0.704. The summed E-state index contributed by atoms with van der Waals surface area (Å²) >= 11 is 0. The second-order valence-corrected chi connectivity index (χ2v) is 2.80. The average molecular weight is 218 g/mol. The summed E-state index contributed by atoms with van der Waals surface area (Å²) in [5.74, 6) is -2.96. The zero-order valence-corrected chi connectivity index (χ0v) is 8.52. The number of rotatable bonds is 5. The molecule has 0 bridgehead atoms. The number of hydrogen-bond acceptors (Lipinski definition) is 5. The number of amides is 1. The number of nitrogens with two attached hydrogens (primary N) is 1. The Morgan fingerprint density at radius 3 is 2.40 bits per heavy atom. The lowest BCUT2D eigenvalue weighted by atomic mass is 10.2. The highest BCUT2D eigenvalue weighted by atomic mass is 16.5. The first-order valence-corrected chi connectivity index (χ1v) is 4.35. The number of esters is 1. The monoisotopic (exact) mass is 218 g/mol. The summed E-state index contributed by atoms with van der Waals surface area (Å²) in [7, 11) is 0. The lowest BCUT2D eigenvalue weighted by molar-refractivity contribution is -0.149. The second kappa shape index (κ2) is 5.97. The van der Waals surface area contributed by atoms with E-state index in [1.165, 1.54) is 6.92 Å². The van der Waals surface area contributed by atoms with Gasteiger partial charge in [0.1, 0.15) is 6.04 Å². The van der Waals surface area contributed by atoms with Gasteiger partial charge >= 0.3 is 11.9 Å². The molecule has 4 N–H and O–H groups in total. The topological polar surface area (TPSA) is 119 Å². The van der Waals surface area contributed by atoms with Crippen molar-refractivity contribution in [1.29, 1.82) is 0 Å². The summed E-state index contributed by atoms with van der Waals surface area (Å²) in [6, 6.07) is -2.59. The molecular weight excluding hydrogens is 204 g/mol. The van der Waals surface area contributed by atoms with E-state index in [4.69, 9.17) is 10.8 Å². The van der Waals surface area contributed by atoms with Gasteiger partial charge in [0.15, 0.2) is 6.04 Å². The summed E-state index contributed by atoms with van der Waals surface area (Å²) in [5, 5.41) is 10.5. The molecular formula is C8H14N2O5. The van der Waals surface area contributed by atoms with Crippen molar-refractivity contribution in [2.75, 3.05) is 6.61 Å². The van der Waals surface area contributed by atoms with E-state index in [0.29, 0.717) is 0 Å². The molecule has 0 aliphatic carbocycles. The molecule has 0 spiro atoms. The van der Waals surface area contributed by atoms with E-state index in [9.17, 15) is 14.4 Å². The van der Waals surface area contributed by atoms with Crippen LogP contribution in [0.1, 0.15) is 13.8 Å². The van der Waals surface area contributed by atoms with Crippen molar-refractivity contribution in [2.24, 2.45) is 5.73 Å². The fourth-order valence-electron chi connectivity index (χ4n) is 0.704. The molecule has 0 aromatic rings. The predicted octanol–water partition coefficient (Wildman–Crippen LogP) is -1.53. The Labute approximate surface area is 86.6 Å². The molecule has 2 atom stereocenters. The normalized spacial score (nSPS) is 13.8. The number of carboxylic acid groups (broad SMARTS) is 1. The smallest absolute Gasteiger partial charge is 0.332 e. The minimum absolute atomic E-state index is 0.105. The van der Waals surface area contributed by atoms with Crippen LogP contribution in [0.25, 0.3) is 0 Å². The lowest BCUT2D eigenvalue weighted by Gasteiger charge is -2.13. The van der Waals surface area contributed by atoms with Gasteiger partial charge in [0.25, 0.3) is 0 Å². The van der Waals surface area contributed by atoms with Crippen LogP contribution in [0.15, 0.2) is 0 Å². The highest BCUT2D eigenvalue weighted by Crippen LogP contribution is 1.89. The first-order chi connectivity index (χ1) is 6.90. The molecule has 15 heavy (non-hydrogen) atoms. The Kier molecular flexibility index (Phi) is 5.32. The van der Waals surface area contributed by atoms with Gasteiger partial charge in [0, 0.05) is 0 Å². The summed E-state index contributed by atoms with van der Waals surface area (Å²) in [5.41, 5.74) is 5.22. The van der Waals surface area contributed by atoms with Crippen LogP contribution in [0.4, 0.5) is 0 Å². The van der Waals surface area contributed by atoms with Gasteiger partial charge in [-0.25, -0.2) is 4.79 Å². The summed E-state index contributed by atoms with van der Waals surface area (Å²) < 4.78 is 4.49. The number of carbonyl (C=O) groups is 3. The van der Waals surface area contributed by atoms with Crippen LogP contribution in [0.3, 0.4) is 0 Å². The molecule has 1 amide bonds. The molecule has 0 aliphatic heterocycles. The van der Waals surface area contributed by atoms with E-state index < -0.39 is 29.9 Å². The number of carbonyl (C=O) groups excluding carboxylic acids is 2. The number of hydrogen-bond donors (Lipinski definition) is 3. The van der Waals surface area contributed by atoms with Gasteiger partial charge in [-0.15, -0.1) is 0 Å². The summed E-state index contributed by atoms with van der Waals surface area (Å²) in [4.78, 5) is 32.5. The van der Waals surface area contributed by atoms with Gasteiger partial charge in [0.05, 0.1) is 6.61 Å². The van der Waals surface area contributed by atoms with Crippen molar-refractivity contribution in [3.05, 3.63) is 0 Å². The van der Waals surface area contributed by atoms with Crippen LogP contribution >= 0.6 is 0 Å². The Bertz CT molecular complexity index is 266. The van der Waals surface area contributed by atoms with Crippen molar-refractivity contribution >= 4 is 17.8 Å². The standard InChI is InChI=1S/C8H14N2O5/c1-3-15-8(14)5(9)6(11)10-4(2)7(12)13/h4-5H,3,9H2,1-2H3,(H,10,11)(H,12,13)/t4-,5?/m1/s1. The van der Waals surface area contributed by atoms with Gasteiger partial charge in [0.2, 0.25) is 5.91 Å². The van der Waals surface area contributed by atoms with Gasteiger partial charge in [-0.2, -0.15) is 0 Å². The molecule has 0 rings (SSSR count). The van der Waals surface area contributed by atoms with E-state index in [1.807, 2.05) is 0 Å². The first-order valence-electron chi connectivity index (χ1n) is 4.35. The molecule has 7 heteroatoms. The third kappa shape index (κ3) is 4.41. The Morgan fingerprint density at radius 1 is 1.47 bits per heavy atom. The molecule has 86 valence electrons. The van der Waals surface area contributed by atoms with E-state index in [2.05, 4.69) is 10.1 Å². The minimum Gasteiger partial charge on any atom is -0.480 e. The van der Waals surface area contributed by atoms with Crippen LogP contribution in [-0.4, -0.2) is 41.6 Å². The number of aliphatic carboxylic acids is 1. The van der Waals surface area contributed by atoms with Crippen LogP contribution < -0.4 is 11.1 Å². The van der Waals surface area contributed by atoms with Crippen LogP contribution in [0.5, 0.6) is 0 Å². The maximum Gasteiger partial charge on any atom is 0.332 e. The van der Waals surface area contributed by atoms with Crippen LogP contribution in [0.2, 0.25) is 0 Å². The van der Waals surface area contributed by atoms with Gasteiger partial charge in [-0.1, -0.05) is 0 Å². The van der Waals surface area contributed by atoms with Gasteiger partial charge in [-0.05, 0) is 13.8 Å². The van der Waals surface area contributed by atoms with E-state index in [1.54, 1.807) is 6.92 Å². The van der Waals surface area contributed by atoms with E-state index in [-0.39, 0.29) is 6.61 Å². The zero-order valence-electron chi connectivity index (χ0n) is 8.52. The number of carboxylic acids is 1. The van der Waals surface area contributed by atoms with Crippen molar-refractivity contribution in [2.45, 2.75) is 25.9 Å². The van der Waals surface area contributed by atoms with Crippen LogP contribution in [-0.2, 0) is 19.1 Å². The molecule has 0 aliphatic rings. The summed E-state index contributed by atoms with van der Waals surface area (Å²) in [6.45, 7) is 2.94. The second-order valence-electron chi connectivity index (χ2n) is 2.80.